The molecule has 5 heteroatoms. The van der Waals surface area contributed by atoms with Crippen molar-refractivity contribution >= 4 is 11.8 Å². The van der Waals surface area contributed by atoms with Crippen LogP contribution >= 0.6 is 0 Å². The number of carbonyl (C=O) groups excluding carboxylic acids is 2. The molecule has 0 spiro atoms. The number of piperidine rings is 1. The highest BCUT2D eigenvalue weighted by Gasteiger charge is 2.30. The molecule has 0 saturated carbocycles. The number of nitrogens with zero attached hydrogens (tertiary/aromatic N) is 2. The van der Waals surface area contributed by atoms with Crippen molar-refractivity contribution in [2.24, 2.45) is 17.6 Å². The summed E-state index contributed by atoms with van der Waals surface area (Å²) in [6.45, 7) is 6.98. The second-order valence-electron chi connectivity index (χ2n) is 7.10. The van der Waals surface area contributed by atoms with Crippen LogP contribution in [-0.2, 0) is 16.0 Å². The third-order valence-corrected chi connectivity index (χ3v) is 4.87. The smallest absolute Gasteiger partial charge is 0.225 e. The zero-order valence-electron chi connectivity index (χ0n) is 15.5. The van der Waals surface area contributed by atoms with E-state index in [4.69, 9.17) is 5.73 Å². The van der Waals surface area contributed by atoms with E-state index in [1.54, 1.807) is 0 Å². The van der Waals surface area contributed by atoms with Crippen LogP contribution in [0.4, 0.5) is 0 Å². The predicted octanol–water partition coefficient (Wildman–Crippen LogP) is 1.91. The van der Waals surface area contributed by atoms with Gasteiger partial charge in [0.15, 0.2) is 0 Å². The van der Waals surface area contributed by atoms with E-state index in [0.29, 0.717) is 32.7 Å². The first-order valence-corrected chi connectivity index (χ1v) is 9.34. The van der Waals surface area contributed by atoms with E-state index in [9.17, 15) is 9.59 Å². The Morgan fingerprint density at radius 3 is 2.36 bits per heavy atom. The van der Waals surface area contributed by atoms with Gasteiger partial charge in [0.2, 0.25) is 11.8 Å². The Kier molecular flexibility index (Phi) is 7.44. The minimum Gasteiger partial charge on any atom is -0.342 e. The molecule has 1 fully saturated rings. The van der Waals surface area contributed by atoms with Gasteiger partial charge >= 0.3 is 0 Å². The first-order valence-electron chi connectivity index (χ1n) is 9.34. The quantitative estimate of drug-likeness (QED) is 0.821. The van der Waals surface area contributed by atoms with Crippen molar-refractivity contribution in [3.63, 3.8) is 0 Å². The number of hydrogen-bond donors (Lipinski definition) is 1. The summed E-state index contributed by atoms with van der Waals surface area (Å²) in [5.41, 5.74) is 6.95. The molecule has 138 valence electrons. The topological polar surface area (TPSA) is 66.6 Å². The van der Waals surface area contributed by atoms with E-state index >= 15 is 0 Å². The van der Waals surface area contributed by atoms with Gasteiger partial charge < -0.3 is 15.5 Å². The molecular formula is C20H31N3O2. The van der Waals surface area contributed by atoms with Gasteiger partial charge in [0.1, 0.15) is 0 Å². The highest BCUT2D eigenvalue weighted by Crippen LogP contribution is 2.21. The summed E-state index contributed by atoms with van der Waals surface area (Å²) in [6, 6.07) is 10.2. The van der Waals surface area contributed by atoms with Crippen LogP contribution in [0.25, 0.3) is 0 Å². The molecule has 1 heterocycles. The van der Waals surface area contributed by atoms with E-state index in [1.807, 2.05) is 41.8 Å². The van der Waals surface area contributed by atoms with Crippen molar-refractivity contribution in [1.82, 2.24) is 9.80 Å². The number of hydrogen-bond acceptors (Lipinski definition) is 3. The third-order valence-electron chi connectivity index (χ3n) is 4.87. The van der Waals surface area contributed by atoms with Crippen LogP contribution in [0.2, 0.25) is 0 Å². The van der Waals surface area contributed by atoms with Crippen LogP contribution in [0.3, 0.4) is 0 Å². The molecule has 25 heavy (non-hydrogen) atoms. The Balaban J connectivity index is 1.88. The number of likely N-dealkylation sites (tertiary alicyclic amines) is 1. The number of nitrogens with two attached hydrogens (primary N) is 1. The molecule has 2 rings (SSSR count). The monoisotopic (exact) mass is 345 g/mol. The van der Waals surface area contributed by atoms with E-state index in [2.05, 4.69) is 12.1 Å². The molecule has 1 aliphatic rings. The Labute approximate surface area is 151 Å². The van der Waals surface area contributed by atoms with Crippen LogP contribution < -0.4 is 5.73 Å². The largest absolute Gasteiger partial charge is 0.342 e. The van der Waals surface area contributed by atoms with Gasteiger partial charge in [-0.1, -0.05) is 44.2 Å². The lowest BCUT2D eigenvalue weighted by Crippen LogP contribution is -2.46. The molecule has 0 unspecified atom stereocenters. The second kappa shape index (κ2) is 9.56. The summed E-state index contributed by atoms with van der Waals surface area (Å²) in [6.07, 6.45) is 2.35. The molecule has 0 atom stereocenters. The van der Waals surface area contributed by atoms with Gasteiger partial charge in [-0.2, -0.15) is 0 Å². The number of amides is 2. The van der Waals surface area contributed by atoms with Crippen molar-refractivity contribution in [2.45, 2.75) is 33.1 Å². The summed E-state index contributed by atoms with van der Waals surface area (Å²) < 4.78 is 0. The second-order valence-corrected chi connectivity index (χ2v) is 7.10. The molecule has 0 aromatic heterocycles. The van der Waals surface area contributed by atoms with Crippen LogP contribution in [0.1, 0.15) is 32.3 Å². The molecule has 2 amide bonds. The average molecular weight is 345 g/mol. The maximum Gasteiger partial charge on any atom is 0.225 e. The summed E-state index contributed by atoms with van der Waals surface area (Å²) >= 11 is 0. The Bertz CT molecular complexity index is 551. The minimum absolute atomic E-state index is 0.0125. The molecular weight excluding hydrogens is 314 g/mol. The molecule has 0 radical (unpaired) electrons. The van der Waals surface area contributed by atoms with Crippen molar-refractivity contribution < 1.29 is 9.59 Å². The van der Waals surface area contributed by atoms with Crippen molar-refractivity contribution in [3.05, 3.63) is 35.9 Å². The lowest BCUT2D eigenvalue weighted by atomic mass is 9.94. The average Bonchev–Trinajstić information content (AvgIpc) is 2.65. The van der Waals surface area contributed by atoms with Gasteiger partial charge in [0, 0.05) is 44.6 Å². The van der Waals surface area contributed by atoms with Crippen molar-refractivity contribution in [3.8, 4) is 0 Å². The fraction of sp³-hybridized carbons (Fsp3) is 0.600. The van der Waals surface area contributed by atoms with E-state index < -0.39 is 0 Å². The standard InChI is InChI=1S/C20H31N3O2/c1-16(2)19(24)22-13-9-18(10-14-22)20(25)23(15-11-21)12-8-17-6-4-3-5-7-17/h3-7,16,18H,8-15,21H2,1-2H3. The molecule has 2 N–H and O–H groups in total. The first-order chi connectivity index (χ1) is 12.0. The molecule has 0 bridgehead atoms. The zero-order chi connectivity index (χ0) is 18.2. The van der Waals surface area contributed by atoms with Gasteiger partial charge in [0.05, 0.1) is 0 Å². The summed E-state index contributed by atoms with van der Waals surface area (Å²) in [7, 11) is 0. The van der Waals surface area contributed by atoms with Crippen LogP contribution in [0.5, 0.6) is 0 Å². The normalized spacial score (nSPS) is 15.4. The van der Waals surface area contributed by atoms with Gasteiger partial charge in [-0.15, -0.1) is 0 Å². The van der Waals surface area contributed by atoms with Crippen molar-refractivity contribution in [1.29, 1.82) is 0 Å². The lowest BCUT2D eigenvalue weighted by Gasteiger charge is -2.35. The molecule has 1 aromatic rings. The maximum atomic E-state index is 12.9. The molecule has 0 aliphatic carbocycles. The number of benzene rings is 1. The van der Waals surface area contributed by atoms with E-state index in [1.165, 1.54) is 5.56 Å². The summed E-state index contributed by atoms with van der Waals surface area (Å²) in [5, 5.41) is 0. The first kappa shape index (κ1) is 19.4. The van der Waals surface area contributed by atoms with E-state index in [0.717, 1.165) is 19.3 Å². The maximum absolute atomic E-state index is 12.9. The van der Waals surface area contributed by atoms with Gasteiger partial charge in [-0.05, 0) is 24.8 Å². The molecule has 1 aliphatic heterocycles. The highest BCUT2D eigenvalue weighted by atomic mass is 16.2. The van der Waals surface area contributed by atoms with Gasteiger partial charge in [-0.25, -0.2) is 0 Å². The minimum atomic E-state index is 0.0125. The molecule has 1 saturated heterocycles. The number of carbonyl (C=O) groups is 2. The molecule has 1 aromatic carbocycles. The Morgan fingerprint density at radius 2 is 1.80 bits per heavy atom. The Morgan fingerprint density at radius 1 is 1.16 bits per heavy atom. The fourth-order valence-corrected chi connectivity index (χ4v) is 3.37. The third kappa shape index (κ3) is 5.56. The molecule has 5 nitrogen and oxygen atoms in total. The predicted molar refractivity (Wildman–Crippen MR) is 99.9 cm³/mol. The lowest BCUT2D eigenvalue weighted by molar-refractivity contribution is -0.142. The van der Waals surface area contributed by atoms with Crippen LogP contribution in [-0.4, -0.2) is 54.3 Å². The fourth-order valence-electron chi connectivity index (χ4n) is 3.37. The van der Waals surface area contributed by atoms with E-state index in [-0.39, 0.29) is 23.7 Å². The van der Waals surface area contributed by atoms with Crippen LogP contribution in [0.15, 0.2) is 30.3 Å². The van der Waals surface area contributed by atoms with Crippen molar-refractivity contribution in [2.75, 3.05) is 32.7 Å². The van der Waals surface area contributed by atoms with Gasteiger partial charge in [0.25, 0.3) is 0 Å². The number of rotatable bonds is 7. The van der Waals surface area contributed by atoms with Crippen LogP contribution in [0, 0.1) is 11.8 Å². The Hall–Kier alpha value is -1.88. The highest BCUT2D eigenvalue weighted by molar-refractivity contribution is 5.81. The summed E-state index contributed by atoms with van der Waals surface area (Å²) in [4.78, 5) is 28.8. The summed E-state index contributed by atoms with van der Waals surface area (Å²) in [5.74, 6) is 0.414. The zero-order valence-corrected chi connectivity index (χ0v) is 15.5. The van der Waals surface area contributed by atoms with Gasteiger partial charge in [-0.3, -0.25) is 9.59 Å². The SMILES string of the molecule is CC(C)C(=O)N1CCC(C(=O)N(CCN)CCc2ccccc2)CC1.